The molecule has 0 rings (SSSR count). The molecular weight excluding hydrogens is 136 g/mol. The van der Waals surface area contributed by atoms with Crippen LogP contribution in [-0.4, -0.2) is 12.4 Å². The second kappa shape index (κ2) is 5.59. The molecule has 0 spiro atoms. The van der Waals surface area contributed by atoms with Crippen LogP contribution in [0.25, 0.3) is 0 Å². The molecule has 0 heterocycles. The van der Waals surface area contributed by atoms with Gasteiger partial charge in [-0.25, -0.2) is 0 Å². The van der Waals surface area contributed by atoms with Crippen molar-refractivity contribution in [2.75, 3.05) is 0 Å². The Morgan fingerprint density at radius 2 is 2.27 bits per heavy atom. The number of rotatable bonds is 4. The first kappa shape index (κ1) is 9.82. The Kier molecular flexibility index (Phi) is 4.99. The molecule has 2 heteroatoms. The van der Waals surface area contributed by atoms with Crippen molar-refractivity contribution >= 4 is 12.4 Å². The molecule has 0 aliphatic carbocycles. The summed E-state index contributed by atoms with van der Waals surface area (Å²) in [5.41, 5.74) is 1.08. The summed E-state index contributed by atoms with van der Waals surface area (Å²) in [7, 11) is 0. The lowest BCUT2D eigenvalue weighted by Gasteiger charge is -1.92. The Bertz CT molecular complexity index is 200. The highest BCUT2D eigenvalue weighted by atomic mass is 14.7. The predicted octanol–water partition coefficient (Wildman–Crippen LogP) is 2.58. The van der Waals surface area contributed by atoms with Gasteiger partial charge in [-0.15, -0.1) is 0 Å². The molecular formula is C9H14N2. The second-order valence-electron chi connectivity index (χ2n) is 2.17. The van der Waals surface area contributed by atoms with E-state index < -0.39 is 0 Å². The summed E-state index contributed by atoms with van der Waals surface area (Å²) in [6, 6.07) is 0. The van der Waals surface area contributed by atoms with E-state index in [1.54, 1.807) is 13.0 Å². The van der Waals surface area contributed by atoms with Crippen LogP contribution >= 0.6 is 0 Å². The topological polar surface area (TPSA) is 36.2 Å². The fourth-order valence-electron chi connectivity index (χ4n) is 0.592. The highest BCUT2D eigenvalue weighted by molar-refractivity contribution is 5.96. The second-order valence-corrected chi connectivity index (χ2v) is 2.17. The molecule has 60 valence electrons. The third kappa shape index (κ3) is 4.25. The first-order valence-electron chi connectivity index (χ1n) is 3.61. The third-order valence-electron chi connectivity index (χ3n) is 1.18. The smallest absolute Gasteiger partial charge is 0.0826 e. The maximum absolute atomic E-state index is 7.25. The van der Waals surface area contributed by atoms with Gasteiger partial charge in [0, 0.05) is 0 Å². The molecule has 1 N–H and O–H groups in total. The first-order chi connectivity index (χ1) is 5.22. The molecule has 0 amide bonds. The van der Waals surface area contributed by atoms with Gasteiger partial charge in [0.2, 0.25) is 0 Å². The molecule has 0 unspecified atom stereocenters. The average Bonchev–Trinajstić information content (AvgIpc) is 1.97. The van der Waals surface area contributed by atoms with E-state index in [0.29, 0.717) is 11.4 Å². The zero-order valence-electron chi connectivity index (χ0n) is 7.09. The monoisotopic (exact) mass is 150 g/mol. The van der Waals surface area contributed by atoms with Gasteiger partial charge in [-0.1, -0.05) is 19.1 Å². The molecule has 0 aromatic rings. The molecule has 0 saturated carbocycles. The summed E-state index contributed by atoms with van der Waals surface area (Å²) in [4.78, 5) is 3.69. The summed E-state index contributed by atoms with van der Waals surface area (Å²) >= 11 is 0. The third-order valence-corrected chi connectivity index (χ3v) is 1.18. The summed E-state index contributed by atoms with van der Waals surface area (Å²) < 4.78 is 0. The predicted molar refractivity (Wildman–Crippen MR) is 50.5 cm³/mol. The number of allylic oxidation sites excluding steroid dienone is 4. The normalized spacial score (nSPS) is 12.0. The van der Waals surface area contributed by atoms with Crippen LogP contribution in [0.15, 0.2) is 28.9 Å². The largest absolute Gasteiger partial charge is 0.303 e. The Morgan fingerprint density at radius 3 is 2.64 bits per heavy atom. The van der Waals surface area contributed by atoms with Gasteiger partial charge >= 0.3 is 0 Å². The standard InChI is InChI=1S/C9H14N2/c1-4-5-6-7-9(11-3)8(2)10/h5-7,10H,3-4H2,1-2H3/b6-5-,9-7-,10-8?. The van der Waals surface area contributed by atoms with E-state index in [0.717, 1.165) is 6.42 Å². The van der Waals surface area contributed by atoms with Crippen LogP contribution in [-0.2, 0) is 0 Å². The van der Waals surface area contributed by atoms with Crippen LogP contribution in [0.5, 0.6) is 0 Å². The van der Waals surface area contributed by atoms with Gasteiger partial charge in [0.05, 0.1) is 11.4 Å². The lowest BCUT2D eigenvalue weighted by atomic mass is 10.3. The van der Waals surface area contributed by atoms with Crippen molar-refractivity contribution in [1.29, 1.82) is 5.41 Å². The minimum Gasteiger partial charge on any atom is -0.303 e. The van der Waals surface area contributed by atoms with E-state index in [1.807, 2.05) is 12.2 Å². The Hall–Kier alpha value is -1.18. The molecule has 0 radical (unpaired) electrons. The van der Waals surface area contributed by atoms with Gasteiger partial charge in [-0.3, -0.25) is 4.99 Å². The van der Waals surface area contributed by atoms with Gasteiger partial charge in [0.15, 0.2) is 0 Å². The van der Waals surface area contributed by atoms with Crippen molar-refractivity contribution in [3.63, 3.8) is 0 Å². The average molecular weight is 150 g/mol. The van der Waals surface area contributed by atoms with E-state index in [2.05, 4.69) is 18.6 Å². The van der Waals surface area contributed by atoms with E-state index in [1.165, 1.54) is 0 Å². The molecule has 11 heavy (non-hydrogen) atoms. The van der Waals surface area contributed by atoms with Gasteiger partial charge in [-0.2, -0.15) is 0 Å². The van der Waals surface area contributed by atoms with E-state index in [9.17, 15) is 0 Å². The van der Waals surface area contributed by atoms with E-state index in [-0.39, 0.29) is 0 Å². The fraction of sp³-hybridized carbons (Fsp3) is 0.333. The number of hydrogen-bond acceptors (Lipinski definition) is 2. The molecule has 2 nitrogen and oxygen atoms in total. The minimum atomic E-state index is 0.445. The molecule has 0 aromatic heterocycles. The maximum atomic E-state index is 7.25. The Balaban J connectivity index is 4.24. The van der Waals surface area contributed by atoms with Crippen LogP contribution in [0, 0.1) is 5.41 Å². The number of nitrogens with one attached hydrogen (secondary N) is 1. The van der Waals surface area contributed by atoms with Crippen LogP contribution in [0.2, 0.25) is 0 Å². The van der Waals surface area contributed by atoms with Crippen LogP contribution in [0.1, 0.15) is 20.3 Å². The van der Waals surface area contributed by atoms with Crippen LogP contribution in [0.3, 0.4) is 0 Å². The summed E-state index contributed by atoms with van der Waals surface area (Å²) in [6.45, 7) is 7.12. The molecule has 0 fully saturated rings. The minimum absolute atomic E-state index is 0.445. The van der Waals surface area contributed by atoms with Crippen molar-refractivity contribution < 1.29 is 0 Å². The zero-order chi connectivity index (χ0) is 8.69. The Labute approximate surface area is 67.9 Å². The molecule has 0 bridgehead atoms. The molecule has 0 aromatic carbocycles. The van der Waals surface area contributed by atoms with Crippen LogP contribution < -0.4 is 0 Å². The maximum Gasteiger partial charge on any atom is 0.0826 e. The lowest BCUT2D eigenvalue weighted by molar-refractivity contribution is 1.22. The van der Waals surface area contributed by atoms with Crippen molar-refractivity contribution in [3.05, 3.63) is 23.9 Å². The quantitative estimate of drug-likeness (QED) is 0.472. The van der Waals surface area contributed by atoms with Gasteiger partial charge in [0.1, 0.15) is 0 Å². The zero-order valence-corrected chi connectivity index (χ0v) is 7.09. The number of hydrogen-bond donors (Lipinski definition) is 1. The molecule has 0 atom stereocenters. The van der Waals surface area contributed by atoms with Gasteiger partial charge in [-0.05, 0) is 26.1 Å². The lowest BCUT2D eigenvalue weighted by Crippen LogP contribution is -1.89. The molecule has 0 saturated heterocycles. The van der Waals surface area contributed by atoms with Crippen LogP contribution in [0.4, 0.5) is 0 Å². The SMILES string of the molecule is C=N/C(=C\C=C/CC)C(C)=N. The fourth-order valence-corrected chi connectivity index (χ4v) is 0.592. The molecule has 0 aliphatic heterocycles. The summed E-state index contributed by atoms with van der Waals surface area (Å²) in [5.74, 6) is 0. The summed E-state index contributed by atoms with van der Waals surface area (Å²) in [5, 5.41) is 7.25. The number of nitrogens with zero attached hydrogens (tertiary/aromatic N) is 1. The first-order valence-corrected chi connectivity index (χ1v) is 3.61. The van der Waals surface area contributed by atoms with E-state index in [4.69, 9.17) is 5.41 Å². The number of aliphatic imine (C=N–C) groups is 1. The molecule has 0 aliphatic rings. The van der Waals surface area contributed by atoms with Crippen molar-refractivity contribution in [3.8, 4) is 0 Å². The Morgan fingerprint density at radius 1 is 1.64 bits per heavy atom. The summed E-state index contributed by atoms with van der Waals surface area (Å²) in [6.07, 6.45) is 6.69. The highest BCUT2D eigenvalue weighted by Gasteiger charge is 1.91. The highest BCUT2D eigenvalue weighted by Crippen LogP contribution is 1.97. The van der Waals surface area contributed by atoms with Crippen molar-refractivity contribution in [1.82, 2.24) is 0 Å². The van der Waals surface area contributed by atoms with E-state index >= 15 is 0 Å². The van der Waals surface area contributed by atoms with Gasteiger partial charge in [0.25, 0.3) is 0 Å². The van der Waals surface area contributed by atoms with Gasteiger partial charge < -0.3 is 5.41 Å². The van der Waals surface area contributed by atoms with Crippen molar-refractivity contribution in [2.24, 2.45) is 4.99 Å². The van der Waals surface area contributed by atoms with Crippen molar-refractivity contribution in [2.45, 2.75) is 20.3 Å².